The molecule has 1 aromatic carbocycles. The first-order valence-corrected chi connectivity index (χ1v) is 7.14. The van der Waals surface area contributed by atoms with Gasteiger partial charge in [0.25, 0.3) is 0 Å². The number of rotatable bonds is 4. The van der Waals surface area contributed by atoms with Crippen molar-refractivity contribution in [3.05, 3.63) is 35.9 Å². The molecule has 0 unspecified atom stereocenters. The first-order chi connectivity index (χ1) is 8.81. The van der Waals surface area contributed by atoms with Gasteiger partial charge in [-0.05, 0) is 43.1 Å². The van der Waals surface area contributed by atoms with Gasteiger partial charge in [-0.3, -0.25) is 4.79 Å². The lowest BCUT2D eigenvalue weighted by molar-refractivity contribution is -0.122. The van der Waals surface area contributed by atoms with Gasteiger partial charge in [0.05, 0.1) is 0 Å². The van der Waals surface area contributed by atoms with Crippen molar-refractivity contribution in [3.63, 3.8) is 0 Å². The molecular formula is C16H21NO. The van der Waals surface area contributed by atoms with Gasteiger partial charge in [0.15, 0.2) is 0 Å². The number of carbonyl (C=O) groups is 1. The minimum absolute atomic E-state index is 0.233. The summed E-state index contributed by atoms with van der Waals surface area (Å²) in [7, 11) is 0. The molecule has 1 N–H and O–H groups in total. The molecule has 0 saturated heterocycles. The lowest BCUT2D eigenvalue weighted by Crippen LogP contribution is -2.38. The van der Waals surface area contributed by atoms with Crippen LogP contribution in [0, 0.1) is 11.8 Å². The first kappa shape index (κ1) is 11.8. The number of aryl methyl sites for hydroxylation is 1. The fraction of sp³-hybridized carbons (Fsp3) is 0.562. The van der Waals surface area contributed by atoms with Gasteiger partial charge in [0.1, 0.15) is 0 Å². The average molecular weight is 243 g/mol. The minimum atomic E-state index is 0.233. The second-order valence-corrected chi connectivity index (χ2v) is 5.83. The molecule has 0 aliphatic heterocycles. The number of hydrogen-bond acceptors (Lipinski definition) is 1. The van der Waals surface area contributed by atoms with Gasteiger partial charge in [-0.1, -0.05) is 36.8 Å². The van der Waals surface area contributed by atoms with E-state index in [0.717, 1.165) is 18.3 Å². The molecule has 0 spiro atoms. The SMILES string of the molecule is O=C(CCc1ccccc1)N[C@@H]1C[C@@H]2CC[C@H]1C2. The van der Waals surface area contributed by atoms with Crippen LogP contribution < -0.4 is 5.32 Å². The van der Waals surface area contributed by atoms with E-state index in [4.69, 9.17) is 0 Å². The molecule has 2 heteroatoms. The van der Waals surface area contributed by atoms with Crippen molar-refractivity contribution in [2.75, 3.05) is 0 Å². The number of carbonyl (C=O) groups excluding carboxylic acids is 1. The summed E-state index contributed by atoms with van der Waals surface area (Å²) >= 11 is 0. The fourth-order valence-electron chi connectivity index (χ4n) is 3.60. The molecule has 2 fully saturated rings. The van der Waals surface area contributed by atoms with Crippen molar-refractivity contribution < 1.29 is 4.79 Å². The van der Waals surface area contributed by atoms with Crippen molar-refractivity contribution in [1.82, 2.24) is 5.32 Å². The molecule has 2 nitrogen and oxygen atoms in total. The van der Waals surface area contributed by atoms with E-state index < -0.39 is 0 Å². The molecule has 2 aliphatic rings. The lowest BCUT2D eigenvalue weighted by Gasteiger charge is -2.22. The van der Waals surface area contributed by atoms with Crippen LogP contribution >= 0.6 is 0 Å². The Hall–Kier alpha value is -1.31. The van der Waals surface area contributed by atoms with Crippen molar-refractivity contribution in [2.45, 2.75) is 44.6 Å². The highest BCUT2D eigenvalue weighted by molar-refractivity contribution is 5.76. The topological polar surface area (TPSA) is 29.1 Å². The highest BCUT2D eigenvalue weighted by Crippen LogP contribution is 2.44. The molecule has 1 amide bonds. The first-order valence-electron chi connectivity index (χ1n) is 7.14. The summed E-state index contributed by atoms with van der Waals surface area (Å²) in [5.74, 6) is 1.90. The Morgan fingerprint density at radius 3 is 2.67 bits per heavy atom. The van der Waals surface area contributed by atoms with E-state index >= 15 is 0 Å². The summed E-state index contributed by atoms with van der Waals surface area (Å²) in [5.41, 5.74) is 1.25. The average Bonchev–Trinajstić information content (AvgIpc) is 3.00. The van der Waals surface area contributed by atoms with E-state index in [1.165, 1.54) is 31.2 Å². The summed E-state index contributed by atoms with van der Waals surface area (Å²) in [6, 6.07) is 10.7. The van der Waals surface area contributed by atoms with E-state index in [1.54, 1.807) is 0 Å². The van der Waals surface area contributed by atoms with Crippen molar-refractivity contribution in [1.29, 1.82) is 0 Å². The minimum Gasteiger partial charge on any atom is -0.353 e. The van der Waals surface area contributed by atoms with Gasteiger partial charge in [-0.15, -0.1) is 0 Å². The number of amides is 1. The second-order valence-electron chi connectivity index (χ2n) is 5.83. The zero-order chi connectivity index (χ0) is 12.4. The maximum Gasteiger partial charge on any atom is 0.220 e. The summed E-state index contributed by atoms with van der Waals surface area (Å²) in [5, 5.41) is 3.24. The highest BCUT2D eigenvalue weighted by atomic mass is 16.1. The van der Waals surface area contributed by atoms with Gasteiger partial charge < -0.3 is 5.32 Å². The highest BCUT2D eigenvalue weighted by Gasteiger charge is 2.39. The van der Waals surface area contributed by atoms with Gasteiger partial charge in [0, 0.05) is 12.5 Å². The van der Waals surface area contributed by atoms with Gasteiger partial charge >= 0.3 is 0 Å². The van der Waals surface area contributed by atoms with Crippen LogP contribution in [0.3, 0.4) is 0 Å². The maximum atomic E-state index is 11.9. The third-order valence-electron chi connectivity index (χ3n) is 4.57. The van der Waals surface area contributed by atoms with E-state index in [0.29, 0.717) is 12.5 Å². The molecule has 2 saturated carbocycles. The Morgan fingerprint density at radius 1 is 1.17 bits per heavy atom. The smallest absolute Gasteiger partial charge is 0.220 e. The maximum absolute atomic E-state index is 11.9. The Balaban J connectivity index is 1.45. The zero-order valence-corrected chi connectivity index (χ0v) is 10.8. The normalized spacial score (nSPS) is 29.4. The summed E-state index contributed by atoms with van der Waals surface area (Å²) in [6.45, 7) is 0. The standard InChI is InChI=1S/C16H21NO/c18-16(9-7-12-4-2-1-3-5-12)17-15-11-13-6-8-14(15)10-13/h1-5,13-15H,6-11H2,(H,17,18)/t13-,14+,15-/m1/s1. The largest absolute Gasteiger partial charge is 0.353 e. The summed E-state index contributed by atoms with van der Waals surface area (Å²) < 4.78 is 0. The van der Waals surface area contributed by atoms with Crippen LogP contribution in [0.2, 0.25) is 0 Å². The molecule has 18 heavy (non-hydrogen) atoms. The molecule has 3 rings (SSSR count). The molecule has 2 bridgehead atoms. The Morgan fingerprint density at radius 2 is 2.00 bits per heavy atom. The van der Waals surface area contributed by atoms with E-state index in [2.05, 4.69) is 17.4 Å². The Labute approximate surface area is 109 Å². The van der Waals surface area contributed by atoms with Crippen LogP contribution in [0.1, 0.15) is 37.7 Å². The van der Waals surface area contributed by atoms with Crippen LogP contribution in [0.25, 0.3) is 0 Å². The van der Waals surface area contributed by atoms with Crippen molar-refractivity contribution in [2.24, 2.45) is 11.8 Å². The van der Waals surface area contributed by atoms with Crippen LogP contribution in [-0.2, 0) is 11.2 Å². The number of hydrogen-bond donors (Lipinski definition) is 1. The van der Waals surface area contributed by atoms with Gasteiger partial charge in [0.2, 0.25) is 5.91 Å². The van der Waals surface area contributed by atoms with Crippen LogP contribution in [0.15, 0.2) is 30.3 Å². The molecule has 1 aromatic rings. The number of nitrogens with one attached hydrogen (secondary N) is 1. The van der Waals surface area contributed by atoms with Crippen molar-refractivity contribution in [3.8, 4) is 0 Å². The Bertz CT molecular complexity index is 414. The van der Waals surface area contributed by atoms with Crippen LogP contribution in [-0.4, -0.2) is 11.9 Å². The molecule has 96 valence electrons. The van der Waals surface area contributed by atoms with Crippen molar-refractivity contribution >= 4 is 5.91 Å². The van der Waals surface area contributed by atoms with E-state index in [1.807, 2.05) is 18.2 Å². The molecule has 0 radical (unpaired) electrons. The molecule has 0 aromatic heterocycles. The number of fused-ring (bicyclic) bond motifs is 2. The van der Waals surface area contributed by atoms with Gasteiger partial charge in [-0.25, -0.2) is 0 Å². The number of benzene rings is 1. The third kappa shape index (κ3) is 2.58. The second kappa shape index (κ2) is 5.13. The molecule has 3 atom stereocenters. The van der Waals surface area contributed by atoms with E-state index in [-0.39, 0.29) is 5.91 Å². The van der Waals surface area contributed by atoms with Crippen LogP contribution in [0.4, 0.5) is 0 Å². The lowest BCUT2D eigenvalue weighted by atomic mass is 9.95. The molecular weight excluding hydrogens is 222 g/mol. The van der Waals surface area contributed by atoms with Gasteiger partial charge in [-0.2, -0.15) is 0 Å². The van der Waals surface area contributed by atoms with Crippen LogP contribution in [0.5, 0.6) is 0 Å². The Kier molecular flexibility index (Phi) is 3.35. The summed E-state index contributed by atoms with van der Waals surface area (Å²) in [6.07, 6.45) is 6.77. The molecule has 0 heterocycles. The monoisotopic (exact) mass is 243 g/mol. The fourth-order valence-corrected chi connectivity index (χ4v) is 3.60. The quantitative estimate of drug-likeness (QED) is 0.865. The molecule has 2 aliphatic carbocycles. The predicted molar refractivity (Wildman–Crippen MR) is 72.1 cm³/mol. The summed E-state index contributed by atoms with van der Waals surface area (Å²) in [4.78, 5) is 11.9. The predicted octanol–water partition coefficient (Wildman–Crippen LogP) is 2.92. The zero-order valence-electron chi connectivity index (χ0n) is 10.8. The van der Waals surface area contributed by atoms with E-state index in [9.17, 15) is 4.79 Å². The third-order valence-corrected chi connectivity index (χ3v) is 4.57.